The van der Waals surface area contributed by atoms with E-state index in [1.54, 1.807) is 34.8 Å². The SMILES string of the molecule is COCC(C)OC/C(C)=C(/C(=O)OC(C)(C)C)N1CCC1=O. The molecule has 1 fully saturated rings. The number of hydrogen-bond donors (Lipinski definition) is 0. The van der Waals surface area contributed by atoms with Gasteiger partial charge in [-0.1, -0.05) is 0 Å². The Kier molecular flexibility index (Phi) is 6.56. The van der Waals surface area contributed by atoms with Crippen molar-refractivity contribution in [2.75, 3.05) is 26.9 Å². The van der Waals surface area contributed by atoms with Crippen molar-refractivity contribution in [1.82, 2.24) is 4.90 Å². The fourth-order valence-electron chi connectivity index (χ4n) is 2.01. The lowest BCUT2D eigenvalue weighted by Gasteiger charge is -2.34. The van der Waals surface area contributed by atoms with Gasteiger partial charge in [0.1, 0.15) is 11.3 Å². The van der Waals surface area contributed by atoms with Crippen molar-refractivity contribution < 1.29 is 23.8 Å². The summed E-state index contributed by atoms with van der Waals surface area (Å²) in [5, 5.41) is 0. The molecule has 0 aromatic rings. The van der Waals surface area contributed by atoms with Crippen molar-refractivity contribution in [2.45, 2.75) is 52.7 Å². The molecule has 0 saturated carbocycles. The summed E-state index contributed by atoms with van der Waals surface area (Å²) in [6.07, 6.45) is 0.368. The molecule has 1 aliphatic heterocycles. The molecule has 1 unspecified atom stereocenters. The summed E-state index contributed by atoms with van der Waals surface area (Å²) in [6.45, 7) is 10.3. The number of carbonyl (C=O) groups is 2. The summed E-state index contributed by atoms with van der Waals surface area (Å²) >= 11 is 0. The standard InChI is InChI=1S/C16H27NO5/c1-11(9-21-12(2)10-20-6)14(17-8-7-13(17)18)15(19)22-16(3,4)5/h12H,7-10H2,1-6H3/b14-11-. The summed E-state index contributed by atoms with van der Waals surface area (Å²) < 4.78 is 16.0. The Morgan fingerprint density at radius 1 is 1.36 bits per heavy atom. The van der Waals surface area contributed by atoms with Gasteiger partial charge in [-0.3, -0.25) is 4.79 Å². The monoisotopic (exact) mass is 313 g/mol. The lowest BCUT2D eigenvalue weighted by molar-refractivity contribution is -0.156. The van der Waals surface area contributed by atoms with Crippen LogP contribution in [0.4, 0.5) is 0 Å². The maximum Gasteiger partial charge on any atom is 0.355 e. The molecule has 1 saturated heterocycles. The van der Waals surface area contributed by atoms with E-state index in [4.69, 9.17) is 14.2 Å². The van der Waals surface area contributed by atoms with Crippen molar-refractivity contribution in [2.24, 2.45) is 0 Å². The molecule has 0 aliphatic carbocycles. The highest BCUT2D eigenvalue weighted by Crippen LogP contribution is 2.23. The summed E-state index contributed by atoms with van der Waals surface area (Å²) in [4.78, 5) is 25.6. The molecule has 1 rings (SSSR count). The Bertz CT molecular complexity index is 450. The second kappa shape index (κ2) is 7.74. The number of ether oxygens (including phenoxy) is 3. The lowest BCUT2D eigenvalue weighted by atomic mass is 10.1. The second-order valence-electron chi connectivity index (χ2n) is 6.50. The lowest BCUT2D eigenvalue weighted by Crippen LogP contribution is -2.46. The molecule has 1 atom stereocenters. The molecule has 0 N–H and O–H groups in total. The molecule has 6 nitrogen and oxygen atoms in total. The van der Waals surface area contributed by atoms with Crippen LogP contribution in [0.25, 0.3) is 0 Å². The van der Waals surface area contributed by atoms with Crippen LogP contribution in [0, 0.1) is 0 Å². The Morgan fingerprint density at radius 3 is 2.41 bits per heavy atom. The molecule has 0 aromatic heterocycles. The molecule has 126 valence electrons. The van der Waals surface area contributed by atoms with Crippen LogP contribution < -0.4 is 0 Å². The van der Waals surface area contributed by atoms with Crippen LogP contribution in [-0.4, -0.2) is 55.3 Å². The van der Waals surface area contributed by atoms with E-state index in [9.17, 15) is 9.59 Å². The van der Waals surface area contributed by atoms with Gasteiger partial charge >= 0.3 is 5.97 Å². The third-order valence-electron chi connectivity index (χ3n) is 3.10. The minimum Gasteiger partial charge on any atom is -0.455 e. The van der Waals surface area contributed by atoms with Gasteiger partial charge in [0.25, 0.3) is 0 Å². The van der Waals surface area contributed by atoms with Crippen LogP contribution in [0.5, 0.6) is 0 Å². The number of nitrogens with zero attached hydrogens (tertiary/aromatic N) is 1. The van der Waals surface area contributed by atoms with Gasteiger partial charge in [0, 0.05) is 20.1 Å². The fourth-order valence-corrected chi connectivity index (χ4v) is 2.01. The van der Waals surface area contributed by atoms with Crippen molar-refractivity contribution >= 4 is 11.9 Å². The van der Waals surface area contributed by atoms with E-state index in [0.29, 0.717) is 30.8 Å². The van der Waals surface area contributed by atoms with Gasteiger partial charge in [-0.25, -0.2) is 4.79 Å². The van der Waals surface area contributed by atoms with Gasteiger partial charge in [-0.15, -0.1) is 0 Å². The predicted molar refractivity (Wildman–Crippen MR) is 82.2 cm³/mol. The molecule has 0 spiro atoms. The molecule has 1 aliphatic rings. The zero-order valence-electron chi connectivity index (χ0n) is 14.4. The predicted octanol–water partition coefficient (Wildman–Crippen LogP) is 1.89. The Labute approximate surface area is 132 Å². The van der Waals surface area contributed by atoms with E-state index in [0.717, 1.165) is 0 Å². The molecular weight excluding hydrogens is 286 g/mol. The third-order valence-corrected chi connectivity index (χ3v) is 3.10. The maximum atomic E-state index is 12.4. The summed E-state index contributed by atoms with van der Waals surface area (Å²) in [7, 11) is 1.60. The van der Waals surface area contributed by atoms with Crippen molar-refractivity contribution in [3.63, 3.8) is 0 Å². The molecule has 0 aromatic carbocycles. The molecule has 0 bridgehead atoms. The topological polar surface area (TPSA) is 65.1 Å². The summed E-state index contributed by atoms with van der Waals surface area (Å²) in [5.41, 5.74) is 0.377. The minimum absolute atomic E-state index is 0.0647. The first-order valence-electron chi connectivity index (χ1n) is 7.49. The first-order chi connectivity index (χ1) is 10.2. The van der Waals surface area contributed by atoms with Crippen molar-refractivity contribution in [3.8, 4) is 0 Å². The third kappa shape index (κ3) is 5.42. The van der Waals surface area contributed by atoms with Crippen LogP contribution >= 0.6 is 0 Å². The van der Waals surface area contributed by atoms with Crippen LogP contribution in [0.3, 0.4) is 0 Å². The van der Waals surface area contributed by atoms with Crippen LogP contribution in [-0.2, 0) is 23.8 Å². The number of rotatable bonds is 7. The molecule has 1 heterocycles. The highest BCUT2D eigenvalue weighted by atomic mass is 16.6. The molecule has 6 heteroatoms. The Morgan fingerprint density at radius 2 is 2.00 bits per heavy atom. The number of methoxy groups -OCH3 is 1. The van der Waals surface area contributed by atoms with Gasteiger partial charge in [0.2, 0.25) is 5.91 Å². The Hall–Kier alpha value is -1.40. The van der Waals surface area contributed by atoms with E-state index in [1.165, 1.54) is 4.90 Å². The first kappa shape index (κ1) is 18.6. The van der Waals surface area contributed by atoms with Gasteiger partial charge in [-0.2, -0.15) is 0 Å². The molecule has 1 amide bonds. The van der Waals surface area contributed by atoms with Gasteiger partial charge in [-0.05, 0) is 40.2 Å². The Balaban J connectivity index is 2.86. The van der Waals surface area contributed by atoms with E-state index in [-0.39, 0.29) is 18.6 Å². The quantitative estimate of drug-likeness (QED) is 0.408. The summed E-state index contributed by atoms with van der Waals surface area (Å²) in [5.74, 6) is -0.550. The van der Waals surface area contributed by atoms with Gasteiger partial charge in [0.15, 0.2) is 0 Å². The average Bonchev–Trinajstić information content (AvgIpc) is 2.38. The number of hydrogen-bond acceptors (Lipinski definition) is 5. The maximum absolute atomic E-state index is 12.4. The normalized spacial score (nSPS) is 17.7. The number of β-lactam (4-membered cyclic amide) rings is 1. The highest BCUT2D eigenvalue weighted by Gasteiger charge is 2.34. The van der Waals surface area contributed by atoms with Crippen LogP contribution in [0.1, 0.15) is 41.0 Å². The largest absolute Gasteiger partial charge is 0.455 e. The number of amides is 1. The summed E-state index contributed by atoms with van der Waals surface area (Å²) in [6, 6.07) is 0. The van der Waals surface area contributed by atoms with Gasteiger partial charge in [0.05, 0.1) is 19.3 Å². The van der Waals surface area contributed by atoms with Crippen LogP contribution in [0.2, 0.25) is 0 Å². The highest BCUT2D eigenvalue weighted by molar-refractivity contribution is 5.97. The van der Waals surface area contributed by atoms with E-state index in [1.807, 2.05) is 6.92 Å². The zero-order valence-corrected chi connectivity index (χ0v) is 14.4. The number of esters is 1. The molecule has 22 heavy (non-hydrogen) atoms. The minimum atomic E-state index is -0.610. The molecule has 0 radical (unpaired) electrons. The van der Waals surface area contributed by atoms with Gasteiger partial charge < -0.3 is 19.1 Å². The molecular formula is C16H27NO5. The number of likely N-dealkylation sites (tertiary alicyclic amines) is 1. The van der Waals surface area contributed by atoms with Crippen molar-refractivity contribution in [1.29, 1.82) is 0 Å². The van der Waals surface area contributed by atoms with Crippen molar-refractivity contribution in [3.05, 3.63) is 11.3 Å². The van der Waals surface area contributed by atoms with E-state index < -0.39 is 11.6 Å². The van der Waals surface area contributed by atoms with E-state index in [2.05, 4.69) is 0 Å². The second-order valence-corrected chi connectivity index (χ2v) is 6.50. The average molecular weight is 313 g/mol. The number of carbonyl (C=O) groups excluding carboxylic acids is 2. The van der Waals surface area contributed by atoms with E-state index >= 15 is 0 Å². The fraction of sp³-hybridized carbons (Fsp3) is 0.750. The zero-order chi connectivity index (χ0) is 16.9. The first-order valence-corrected chi connectivity index (χ1v) is 7.49. The van der Waals surface area contributed by atoms with Crippen LogP contribution in [0.15, 0.2) is 11.3 Å². The smallest absolute Gasteiger partial charge is 0.355 e.